The Morgan fingerprint density at radius 2 is 2.33 bits per heavy atom. The smallest absolute Gasteiger partial charge is 0.249 e. The Hall–Kier alpha value is -0.520. The number of amides is 1. The Morgan fingerprint density at radius 1 is 1.56 bits per heavy atom. The molecule has 0 aromatic rings. The Kier molecular flexibility index (Phi) is 5.09. The maximum atomic E-state index is 12.5. The zero-order valence-electron chi connectivity index (χ0n) is 11.2. The Morgan fingerprint density at radius 3 is 2.83 bits per heavy atom. The number of carbonyl (C=O) groups is 1. The van der Waals surface area contributed by atoms with Crippen LogP contribution in [0, 0.1) is 0 Å². The van der Waals surface area contributed by atoms with Gasteiger partial charge in [0.15, 0.2) is 0 Å². The number of methoxy groups -OCH3 is 1. The Balaban J connectivity index is 2.04. The highest BCUT2D eigenvalue weighted by atomic mass is 32.2. The zero-order chi connectivity index (χ0) is 13.0. The van der Waals surface area contributed by atoms with Crippen molar-refractivity contribution in [2.45, 2.75) is 19.4 Å². The van der Waals surface area contributed by atoms with Gasteiger partial charge in [-0.2, -0.15) is 11.8 Å². The van der Waals surface area contributed by atoms with Gasteiger partial charge in [0.05, 0.1) is 6.61 Å². The lowest BCUT2D eigenvalue weighted by molar-refractivity contribution is -0.129. The van der Waals surface area contributed by atoms with Crippen molar-refractivity contribution in [3.05, 3.63) is 11.1 Å². The summed E-state index contributed by atoms with van der Waals surface area (Å²) in [4.78, 5) is 14.6. The normalized spacial score (nSPS) is 22.8. The summed E-state index contributed by atoms with van der Waals surface area (Å²) < 4.78 is 5.13. The van der Waals surface area contributed by atoms with Gasteiger partial charge in [-0.1, -0.05) is 0 Å². The van der Waals surface area contributed by atoms with Crippen LogP contribution >= 0.6 is 11.8 Å². The molecule has 5 heteroatoms. The molecule has 0 radical (unpaired) electrons. The third-order valence-corrected chi connectivity index (χ3v) is 4.82. The van der Waals surface area contributed by atoms with Gasteiger partial charge in [0, 0.05) is 44.1 Å². The molecule has 4 nitrogen and oxygen atoms in total. The van der Waals surface area contributed by atoms with E-state index in [-0.39, 0.29) is 5.91 Å². The minimum atomic E-state index is 0.205. The minimum Gasteiger partial charge on any atom is -0.383 e. The molecule has 1 unspecified atom stereocenters. The highest BCUT2D eigenvalue weighted by Crippen LogP contribution is 2.24. The quantitative estimate of drug-likeness (QED) is 0.753. The van der Waals surface area contributed by atoms with Crippen molar-refractivity contribution in [2.75, 3.05) is 44.9 Å². The predicted molar refractivity (Wildman–Crippen MR) is 74.9 cm³/mol. The fourth-order valence-corrected chi connectivity index (χ4v) is 3.51. The zero-order valence-corrected chi connectivity index (χ0v) is 12.0. The van der Waals surface area contributed by atoms with Crippen molar-refractivity contribution in [2.24, 2.45) is 0 Å². The van der Waals surface area contributed by atoms with Gasteiger partial charge >= 0.3 is 0 Å². The average molecular weight is 270 g/mol. The van der Waals surface area contributed by atoms with Crippen LogP contribution in [0.4, 0.5) is 0 Å². The number of thioether (sulfide) groups is 1. The van der Waals surface area contributed by atoms with Crippen molar-refractivity contribution >= 4 is 17.7 Å². The molecule has 102 valence electrons. The van der Waals surface area contributed by atoms with Crippen LogP contribution in [-0.2, 0) is 9.53 Å². The second kappa shape index (κ2) is 6.59. The van der Waals surface area contributed by atoms with Crippen LogP contribution in [0.15, 0.2) is 11.1 Å². The van der Waals surface area contributed by atoms with E-state index in [0.717, 1.165) is 30.8 Å². The van der Waals surface area contributed by atoms with E-state index in [2.05, 4.69) is 5.32 Å². The lowest BCUT2D eigenvalue weighted by Gasteiger charge is -2.31. The van der Waals surface area contributed by atoms with Gasteiger partial charge in [-0.3, -0.25) is 4.79 Å². The molecule has 1 atom stereocenters. The number of ether oxygens (including phenoxy) is 1. The number of nitrogens with zero attached hydrogens (tertiary/aromatic N) is 1. The molecule has 1 amide bonds. The van der Waals surface area contributed by atoms with Gasteiger partial charge < -0.3 is 15.0 Å². The molecule has 2 heterocycles. The van der Waals surface area contributed by atoms with E-state index >= 15 is 0 Å². The fourth-order valence-electron chi connectivity index (χ4n) is 2.29. The average Bonchev–Trinajstić information content (AvgIpc) is 2.80. The van der Waals surface area contributed by atoms with Crippen LogP contribution in [0.1, 0.15) is 13.3 Å². The first kappa shape index (κ1) is 13.9. The van der Waals surface area contributed by atoms with Crippen LogP contribution < -0.4 is 5.32 Å². The molecule has 0 spiro atoms. The molecule has 2 rings (SSSR count). The molecule has 1 N–H and O–H groups in total. The van der Waals surface area contributed by atoms with Crippen molar-refractivity contribution in [1.29, 1.82) is 0 Å². The third kappa shape index (κ3) is 3.08. The molecular formula is C13H22N2O2S. The molecule has 2 aliphatic heterocycles. The fraction of sp³-hybridized carbons (Fsp3) is 0.769. The van der Waals surface area contributed by atoms with Gasteiger partial charge in [0.2, 0.25) is 5.91 Å². The van der Waals surface area contributed by atoms with Crippen LogP contribution in [0.5, 0.6) is 0 Å². The highest BCUT2D eigenvalue weighted by Gasteiger charge is 2.29. The van der Waals surface area contributed by atoms with Gasteiger partial charge in [0.1, 0.15) is 0 Å². The van der Waals surface area contributed by atoms with E-state index in [0.29, 0.717) is 19.2 Å². The molecule has 2 fully saturated rings. The van der Waals surface area contributed by atoms with E-state index in [4.69, 9.17) is 4.74 Å². The van der Waals surface area contributed by atoms with Crippen LogP contribution in [-0.4, -0.2) is 61.7 Å². The molecule has 0 aromatic carbocycles. The number of hydrogen-bond donors (Lipinski definition) is 1. The number of rotatable bonds is 5. The molecule has 0 saturated carbocycles. The summed E-state index contributed by atoms with van der Waals surface area (Å²) in [5, 5.41) is 3.19. The summed E-state index contributed by atoms with van der Waals surface area (Å²) in [6.45, 7) is 5.02. The summed E-state index contributed by atoms with van der Waals surface area (Å²) in [5.74, 6) is 2.44. The molecule has 0 aromatic heterocycles. The maximum absolute atomic E-state index is 12.5. The van der Waals surface area contributed by atoms with Crippen LogP contribution in [0.2, 0.25) is 0 Å². The largest absolute Gasteiger partial charge is 0.383 e. The highest BCUT2D eigenvalue weighted by molar-refractivity contribution is 7.99. The molecule has 2 saturated heterocycles. The first-order chi connectivity index (χ1) is 8.74. The second-order valence-electron chi connectivity index (χ2n) is 4.84. The maximum Gasteiger partial charge on any atom is 0.249 e. The van der Waals surface area contributed by atoms with Crippen molar-refractivity contribution in [1.82, 2.24) is 10.2 Å². The number of carbonyl (C=O) groups excluding carboxylic acids is 1. The van der Waals surface area contributed by atoms with Crippen molar-refractivity contribution < 1.29 is 9.53 Å². The summed E-state index contributed by atoms with van der Waals surface area (Å²) in [6, 6.07) is 0.390. The number of hydrogen-bond acceptors (Lipinski definition) is 4. The van der Waals surface area contributed by atoms with Crippen molar-refractivity contribution in [3.63, 3.8) is 0 Å². The lowest BCUT2D eigenvalue weighted by atomic mass is 10.0. The van der Waals surface area contributed by atoms with Gasteiger partial charge in [-0.15, -0.1) is 0 Å². The number of nitrogens with one attached hydrogen (secondary N) is 1. The summed E-state index contributed by atoms with van der Waals surface area (Å²) in [7, 11) is 1.69. The molecular weight excluding hydrogens is 248 g/mol. The van der Waals surface area contributed by atoms with E-state index < -0.39 is 0 Å². The molecule has 0 bridgehead atoms. The summed E-state index contributed by atoms with van der Waals surface area (Å²) in [6.07, 6.45) is 1.11. The standard InChI is InChI=1S/C13H22N2O2S/c1-10(11-7-14-8-11)13(16)15(4-5-17-2)12-3-6-18-9-12/h12,14H,3-9H2,1-2H3. The predicted octanol–water partition coefficient (Wildman–Crippen LogP) is 0.887. The first-order valence-electron chi connectivity index (χ1n) is 6.51. The van der Waals surface area contributed by atoms with E-state index in [1.54, 1.807) is 7.11 Å². The molecule has 0 aliphatic carbocycles. The third-order valence-electron chi connectivity index (χ3n) is 3.67. The van der Waals surface area contributed by atoms with Crippen molar-refractivity contribution in [3.8, 4) is 0 Å². The van der Waals surface area contributed by atoms with Crippen LogP contribution in [0.3, 0.4) is 0 Å². The second-order valence-corrected chi connectivity index (χ2v) is 5.99. The Bertz CT molecular complexity index is 332. The molecule has 2 aliphatic rings. The molecule has 18 heavy (non-hydrogen) atoms. The van der Waals surface area contributed by atoms with Gasteiger partial charge in [0.25, 0.3) is 0 Å². The summed E-state index contributed by atoms with van der Waals surface area (Å²) >= 11 is 1.94. The van der Waals surface area contributed by atoms with Gasteiger partial charge in [-0.05, 0) is 24.7 Å². The lowest BCUT2D eigenvalue weighted by Crippen LogP contribution is -2.45. The van der Waals surface area contributed by atoms with E-state index in [1.807, 2.05) is 23.6 Å². The van der Waals surface area contributed by atoms with Gasteiger partial charge in [-0.25, -0.2) is 0 Å². The summed E-state index contributed by atoms with van der Waals surface area (Å²) in [5.41, 5.74) is 2.19. The Labute approximate surface area is 113 Å². The monoisotopic (exact) mass is 270 g/mol. The van der Waals surface area contributed by atoms with E-state index in [1.165, 1.54) is 11.3 Å². The minimum absolute atomic E-state index is 0.205. The first-order valence-corrected chi connectivity index (χ1v) is 7.66. The topological polar surface area (TPSA) is 41.6 Å². The SMILES string of the molecule is COCCN(C(=O)C(C)=C1CNC1)C1CCSC1. The van der Waals surface area contributed by atoms with Crippen LogP contribution in [0.25, 0.3) is 0 Å². The van der Waals surface area contributed by atoms with E-state index in [9.17, 15) is 4.79 Å².